The minimum absolute atomic E-state index is 0.177. The van der Waals surface area contributed by atoms with E-state index < -0.39 is 5.82 Å². The van der Waals surface area contributed by atoms with Crippen LogP contribution in [0.1, 0.15) is 41.4 Å². The Kier molecular flexibility index (Phi) is 4.99. The highest BCUT2D eigenvalue weighted by atomic mass is 19.1. The maximum Gasteiger partial charge on any atom is 0.193 e. The summed E-state index contributed by atoms with van der Waals surface area (Å²) in [4.78, 5) is 19.9. The normalized spacial score (nSPS) is 17.5. The molecule has 1 saturated heterocycles. The van der Waals surface area contributed by atoms with Crippen LogP contribution in [0.3, 0.4) is 0 Å². The van der Waals surface area contributed by atoms with Crippen LogP contribution < -0.4 is 0 Å². The topological polar surface area (TPSA) is 33.2 Å². The number of aromatic nitrogens is 1. The minimum atomic E-state index is -0.403. The molecule has 2 aromatic carbocycles. The van der Waals surface area contributed by atoms with Crippen LogP contribution >= 0.6 is 0 Å². The number of carbonyl (C=O) groups excluding carboxylic acids is 1. The summed E-state index contributed by atoms with van der Waals surface area (Å²) < 4.78 is 13.4. The third kappa shape index (κ3) is 3.91. The monoisotopic (exact) mass is 362 g/mol. The number of nitrogens with zero attached hydrogens (tertiary/aromatic N) is 2. The second-order valence-electron chi connectivity index (χ2n) is 7.33. The lowest BCUT2D eigenvalue weighted by atomic mass is 10.0. The number of likely N-dealkylation sites (tertiary alicyclic amines) is 1. The Morgan fingerprint density at radius 3 is 2.78 bits per heavy atom. The quantitative estimate of drug-likeness (QED) is 0.621. The first-order valence-electron chi connectivity index (χ1n) is 9.54. The Morgan fingerprint density at radius 1 is 1.15 bits per heavy atom. The fourth-order valence-corrected chi connectivity index (χ4v) is 3.83. The zero-order valence-corrected chi connectivity index (χ0v) is 15.5. The van der Waals surface area contributed by atoms with Crippen molar-refractivity contribution >= 4 is 16.7 Å². The zero-order valence-electron chi connectivity index (χ0n) is 15.5. The van der Waals surface area contributed by atoms with Crippen LogP contribution in [-0.2, 0) is 6.42 Å². The molecule has 2 heterocycles. The predicted molar refractivity (Wildman–Crippen MR) is 106 cm³/mol. The molecule has 3 aromatic rings. The number of pyridine rings is 1. The largest absolute Gasteiger partial charge is 0.300 e. The lowest BCUT2D eigenvalue weighted by Crippen LogP contribution is -2.29. The van der Waals surface area contributed by atoms with Crippen LogP contribution in [0.4, 0.5) is 4.39 Å². The van der Waals surface area contributed by atoms with E-state index in [4.69, 9.17) is 4.98 Å². The first kappa shape index (κ1) is 17.8. The van der Waals surface area contributed by atoms with Gasteiger partial charge in [-0.25, -0.2) is 4.39 Å². The minimum Gasteiger partial charge on any atom is -0.300 e. The maximum absolute atomic E-state index is 13.4. The Labute approximate surface area is 158 Å². The number of rotatable bonds is 5. The lowest BCUT2D eigenvalue weighted by molar-refractivity contribution is 0.103. The summed E-state index contributed by atoms with van der Waals surface area (Å²) in [5.74, 6) is -0.580. The lowest BCUT2D eigenvalue weighted by Gasteiger charge is -2.20. The molecule has 0 aliphatic carbocycles. The van der Waals surface area contributed by atoms with Crippen molar-refractivity contribution in [3.8, 4) is 0 Å². The molecule has 0 bridgehead atoms. The van der Waals surface area contributed by atoms with Crippen LogP contribution in [0.2, 0.25) is 0 Å². The van der Waals surface area contributed by atoms with Crippen LogP contribution in [-0.4, -0.2) is 34.8 Å². The Balaban J connectivity index is 1.52. The SMILES string of the molecule is C[C@H]1CCCN1CCc1ccc2cc(C(=O)c3cccc(F)c3)ccc2n1. The molecule has 0 radical (unpaired) electrons. The van der Waals surface area contributed by atoms with Gasteiger partial charge in [0.1, 0.15) is 5.82 Å². The van der Waals surface area contributed by atoms with E-state index in [0.29, 0.717) is 17.2 Å². The van der Waals surface area contributed by atoms with Gasteiger partial charge in [0.05, 0.1) is 5.52 Å². The fourth-order valence-electron chi connectivity index (χ4n) is 3.83. The number of ketones is 1. The molecule has 138 valence electrons. The van der Waals surface area contributed by atoms with E-state index >= 15 is 0 Å². The summed E-state index contributed by atoms with van der Waals surface area (Å²) >= 11 is 0. The molecule has 1 atom stereocenters. The van der Waals surface area contributed by atoms with Crippen molar-refractivity contribution < 1.29 is 9.18 Å². The predicted octanol–water partition coefficient (Wildman–Crippen LogP) is 4.63. The molecule has 1 fully saturated rings. The molecule has 3 nitrogen and oxygen atoms in total. The molecule has 1 aliphatic rings. The van der Waals surface area contributed by atoms with Crippen molar-refractivity contribution in [2.24, 2.45) is 0 Å². The second kappa shape index (κ2) is 7.57. The van der Waals surface area contributed by atoms with Gasteiger partial charge in [-0.15, -0.1) is 0 Å². The summed E-state index contributed by atoms with van der Waals surface area (Å²) in [7, 11) is 0. The second-order valence-corrected chi connectivity index (χ2v) is 7.33. The van der Waals surface area contributed by atoms with Crippen molar-refractivity contribution in [1.29, 1.82) is 0 Å². The summed E-state index contributed by atoms with van der Waals surface area (Å²) in [6.45, 7) is 4.51. The van der Waals surface area contributed by atoms with Gasteiger partial charge in [0.15, 0.2) is 5.78 Å². The number of benzene rings is 2. The van der Waals surface area contributed by atoms with Crippen LogP contribution in [0.25, 0.3) is 10.9 Å². The van der Waals surface area contributed by atoms with Gasteiger partial charge in [0.25, 0.3) is 0 Å². The maximum atomic E-state index is 13.4. The van der Waals surface area contributed by atoms with Gasteiger partial charge in [0, 0.05) is 41.2 Å². The molecule has 1 aliphatic heterocycles. The van der Waals surface area contributed by atoms with E-state index in [0.717, 1.165) is 29.6 Å². The van der Waals surface area contributed by atoms with Crippen LogP contribution in [0.15, 0.2) is 54.6 Å². The highest BCUT2D eigenvalue weighted by Gasteiger charge is 2.19. The molecule has 0 spiro atoms. The summed E-state index contributed by atoms with van der Waals surface area (Å²) in [5.41, 5.74) is 2.87. The van der Waals surface area contributed by atoms with Crippen molar-refractivity contribution in [3.05, 3.63) is 77.2 Å². The Hall–Kier alpha value is -2.59. The van der Waals surface area contributed by atoms with Crippen molar-refractivity contribution in [1.82, 2.24) is 9.88 Å². The molecule has 4 rings (SSSR count). The standard InChI is InChI=1S/C23H23FN2O/c1-16-4-3-12-26(16)13-11-21-9-7-17-14-19(8-10-22(17)25-21)23(27)18-5-2-6-20(24)15-18/h2,5-10,14-16H,3-4,11-13H2,1H3/t16-/m0/s1. The number of fused-ring (bicyclic) bond motifs is 1. The van der Waals surface area contributed by atoms with Gasteiger partial charge >= 0.3 is 0 Å². The van der Waals surface area contributed by atoms with E-state index in [1.807, 2.05) is 24.3 Å². The summed E-state index contributed by atoms with van der Waals surface area (Å²) in [6.07, 6.45) is 3.51. The summed E-state index contributed by atoms with van der Waals surface area (Å²) in [5, 5.41) is 0.926. The van der Waals surface area contributed by atoms with Crippen LogP contribution in [0, 0.1) is 5.82 Å². The first-order valence-corrected chi connectivity index (χ1v) is 9.54. The van der Waals surface area contributed by atoms with Crippen molar-refractivity contribution in [2.45, 2.75) is 32.2 Å². The molecule has 1 aromatic heterocycles. The fraction of sp³-hybridized carbons (Fsp3) is 0.304. The van der Waals surface area contributed by atoms with E-state index in [-0.39, 0.29) is 5.78 Å². The molecule has 0 N–H and O–H groups in total. The van der Waals surface area contributed by atoms with Gasteiger partial charge in [-0.05, 0) is 62.7 Å². The molecular weight excluding hydrogens is 339 g/mol. The third-order valence-electron chi connectivity index (χ3n) is 5.44. The number of hydrogen-bond acceptors (Lipinski definition) is 3. The van der Waals surface area contributed by atoms with Crippen molar-refractivity contribution in [3.63, 3.8) is 0 Å². The van der Waals surface area contributed by atoms with Gasteiger partial charge in [-0.1, -0.05) is 18.2 Å². The zero-order chi connectivity index (χ0) is 18.8. The van der Waals surface area contributed by atoms with E-state index in [9.17, 15) is 9.18 Å². The van der Waals surface area contributed by atoms with Crippen LogP contribution in [0.5, 0.6) is 0 Å². The van der Waals surface area contributed by atoms with E-state index in [2.05, 4.69) is 11.8 Å². The molecule has 0 unspecified atom stereocenters. The molecule has 0 saturated carbocycles. The third-order valence-corrected chi connectivity index (χ3v) is 5.44. The van der Waals surface area contributed by atoms with Gasteiger partial charge in [-0.2, -0.15) is 0 Å². The molecular formula is C23H23FN2O. The Morgan fingerprint density at radius 2 is 2.00 bits per heavy atom. The highest BCUT2D eigenvalue weighted by Crippen LogP contribution is 2.20. The number of halogens is 1. The average Bonchev–Trinajstić information content (AvgIpc) is 3.10. The number of hydrogen-bond donors (Lipinski definition) is 0. The smallest absolute Gasteiger partial charge is 0.193 e. The number of carbonyl (C=O) groups is 1. The average molecular weight is 362 g/mol. The Bertz CT molecular complexity index is 985. The molecule has 27 heavy (non-hydrogen) atoms. The highest BCUT2D eigenvalue weighted by molar-refractivity contribution is 6.10. The first-order chi connectivity index (χ1) is 13.1. The van der Waals surface area contributed by atoms with Gasteiger partial charge in [-0.3, -0.25) is 9.78 Å². The summed E-state index contributed by atoms with van der Waals surface area (Å²) in [6, 6.07) is 16.0. The van der Waals surface area contributed by atoms with Crippen molar-refractivity contribution in [2.75, 3.05) is 13.1 Å². The molecule has 0 amide bonds. The van der Waals surface area contributed by atoms with Gasteiger partial charge in [0.2, 0.25) is 0 Å². The van der Waals surface area contributed by atoms with Gasteiger partial charge < -0.3 is 4.90 Å². The van der Waals surface area contributed by atoms with E-state index in [1.165, 1.54) is 31.5 Å². The molecule has 4 heteroatoms. The van der Waals surface area contributed by atoms with E-state index in [1.54, 1.807) is 18.2 Å².